The Labute approximate surface area is 144 Å². The van der Waals surface area contributed by atoms with Crippen molar-refractivity contribution in [3.05, 3.63) is 47.0 Å². The van der Waals surface area contributed by atoms with E-state index in [1.54, 1.807) is 0 Å². The maximum atomic E-state index is 13.3. The minimum absolute atomic E-state index is 0.114. The third-order valence-corrected chi connectivity index (χ3v) is 6.48. The molecule has 0 spiro atoms. The summed E-state index contributed by atoms with van der Waals surface area (Å²) in [5.74, 6) is 0.454. The van der Waals surface area contributed by atoms with Crippen molar-refractivity contribution in [2.24, 2.45) is 23.2 Å². The molecule has 2 bridgehead atoms. The predicted octanol–water partition coefficient (Wildman–Crippen LogP) is 5.02. The van der Waals surface area contributed by atoms with Gasteiger partial charge in [-0.3, -0.25) is 9.59 Å². The Morgan fingerprint density at radius 2 is 1.96 bits per heavy atom. The molecule has 2 heteroatoms. The van der Waals surface area contributed by atoms with Gasteiger partial charge in [0, 0.05) is 23.0 Å². The van der Waals surface area contributed by atoms with Gasteiger partial charge in [-0.15, -0.1) is 0 Å². The number of benzene rings is 1. The summed E-state index contributed by atoms with van der Waals surface area (Å²) >= 11 is 0. The second-order valence-electron chi connectivity index (χ2n) is 8.12. The molecule has 1 saturated carbocycles. The highest BCUT2D eigenvalue weighted by molar-refractivity contribution is 6.17. The van der Waals surface area contributed by atoms with E-state index in [1.165, 1.54) is 19.3 Å². The molecule has 3 aliphatic rings. The average molecular weight is 322 g/mol. The first-order valence-electron chi connectivity index (χ1n) is 9.46. The van der Waals surface area contributed by atoms with Crippen LogP contribution in [0.1, 0.15) is 72.2 Å². The van der Waals surface area contributed by atoms with E-state index in [0.29, 0.717) is 5.56 Å². The molecule has 0 aliphatic heterocycles. The molecule has 2 nitrogen and oxygen atoms in total. The first kappa shape index (κ1) is 15.8. The largest absolute Gasteiger partial charge is 0.294 e. The lowest BCUT2D eigenvalue weighted by Crippen LogP contribution is -2.42. The number of fused-ring (bicyclic) bond motifs is 6. The van der Waals surface area contributed by atoms with Crippen LogP contribution in [0.15, 0.2) is 30.4 Å². The number of allylic oxidation sites excluding steroid dienone is 2. The van der Waals surface area contributed by atoms with Crippen molar-refractivity contribution >= 4 is 11.6 Å². The first-order valence-corrected chi connectivity index (χ1v) is 9.46. The monoisotopic (exact) mass is 322 g/mol. The zero-order valence-electron chi connectivity index (χ0n) is 14.7. The molecule has 3 aliphatic carbocycles. The van der Waals surface area contributed by atoms with E-state index >= 15 is 0 Å². The normalized spacial score (nSPS) is 33.0. The first-order chi connectivity index (χ1) is 11.6. The summed E-state index contributed by atoms with van der Waals surface area (Å²) in [4.78, 5) is 26.5. The van der Waals surface area contributed by atoms with Gasteiger partial charge in [-0.1, -0.05) is 63.5 Å². The highest BCUT2D eigenvalue weighted by atomic mass is 16.1. The third-order valence-electron chi connectivity index (χ3n) is 6.48. The minimum Gasteiger partial charge on any atom is -0.294 e. The number of carbonyl (C=O) groups excluding carboxylic acids is 2. The van der Waals surface area contributed by atoms with E-state index in [0.717, 1.165) is 30.4 Å². The number of unbranched alkanes of at least 4 members (excludes halogenated alkanes) is 3. The number of carbonyl (C=O) groups is 2. The maximum absolute atomic E-state index is 13.3. The second-order valence-corrected chi connectivity index (χ2v) is 8.12. The van der Waals surface area contributed by atoms with Gasteiger partial charge in [0.1, 0.15) is 0 Å². The molecule has 0 heterocycles. The van der Waals surface area contributed by atoms with E-state index in [9.17, 15) is 9.59 Å². The number of hydrogen-bond donors (Lipinski definition) is 0. The van der Waals surface area contributed by atoms with Gasteiger partial charge in [0.15, 0.2) is 11.6 Å². The van der Waals surface area contributed by atoms with Crippen molar-refractivity contribution < 1.29 is 9.59 Å². The fraction of sp³-hybridized carbons (Fsp3) is 0.545. The molecule has 4 atom stereocenters. The Hall–Kier alpha value is -1.70. The summed E-state index contributed by atoms with van der Waals surface area (Å²) in [5.41, 5.74) is 2.43. The van der Waals surface area contributed by atoms with Crippen LogP contribution in [0.25, 0.3) is 0 Å². The molecule has 0 saturated heterocycles. The minimum atomic E-state index is -0.136. The molecule has 0 radical (unpaired) electrons. The standard InChI is InChI=1S/C22H26O2/c1-3-4-5-6-8-14-9-7-10-16-17(14)21(24)18-15-11-12-22(2,13-15)19(18)20(16)23/h7,9-12,15,18-19H,3-6,8,13H2,1-2H3. The van der Waals surface area contributed by atoms with Gasteiger partial charge in [-0.2, -0.15) is 0 Å². The van der Waals surface area contributed by atoms with Gasteiger partial charge in [0.05, 0.1) is 0 Å². The highest BCUT2D eigenvalue weighted by Crippen LogP contribution is 2.59. The van der Waals surface area contributed by atoms with Crippen LogP contribution in [0, 0.1) is 23.2 Å². The smallest absolute Gasteiger partial charge is 0.168 e. The lowest BCUT2D eigenvalue weighted by molar-refractivity contribution is 0.0675. The maximum Gasteiger partial charge on any atom is 0.168 e. The molecule has 1 aromatic rings. The van der Waals surface area contributed by atoms with E-state index in [4.69, 9.17) is 0 Å². The van der Waals surface area contributed by atoms with Crippen LogP contribution in [-0.2, 0) is 6.42 Å². The van der Waals surface area contributed by atoms with Crippen molar-refractivity contribution in [2.75, 3.05) is 0 Å². The summed E-state index contributed by atoms with van der Waals surface area (Å²) < 4.78 is 0. The van der Waals surface area contributed by atoms with Crippen LogP contribution < -0.4 is 0 Å². The van der Waals surface area contributed by atoms with E-state index in [1.807, 2.05) is 12.1 Å². The Bertz CT molecular complexity index is 729. The van der Waals surface area contributed by atoms with Crippen LogP contribution in [0.2, 0.25) is 0 Å². The van der Waals surface area contributed by atoms with Crippen molar-refractivity contribution in [3.8, 4) is 0 Å². The predicted molar refractivity (Wildman–Crippen MR) is 95.3 cm³/mol. The van der Waals surface area contributed by atoms with E-state index < -0.39 is 0 Å². The van der Waals surface area contributed by atoms with Crippen LogP contribution >= 0.6 is 0 Å². The SMILES string of the molecule is CCCCCCc1cccc2c1C(=O)C1C3C=CC(C)(C3)C1C2=O. The van der Waals surface area contributed by atoms with Gasteiger partial charge in [-0.05, 0) is 36.2 Å². The molecular formula is C22H26O2. The Balaban J connectivity index is 1.70. The molecule has 4 unspecified atom stereocenters. The number of ketones is 2. The summed E-state index contributed by atoms with van der Waals surface area (Å²) in [7, 11) is 0. The quantitative estimate of drug-likeness (QED) is 0.563. The fourth-order valence-electron chi connectivity index (χ4n) is 5.31. The van der Waals surface area contributed by atoms with Gasteiger partial charge in [-0.25, -0.2) is 0 Å². The number of rotatable bonds is 5. The molecule has 1 fully saturated rings. The van der Waals surface area contributed by atoms with Crippen LogP contribution in [0.3, 0.4) is 0 Å². The fourth-order valence-corrected chi connectivity index (χ4v) is 5.31. The lowest BCUT2D eigenvalue weighted by atomic mass is 9.64. The number of Topliss-reactive ketones (excluding diaryl/α,β-unsaturated/α-hetero) is 2. The zero-order valence-corrected chi connectivity index (χ0v) is 14.7. The van der Waals surface area contributed by atoms with Gasteiger partial charge in [0.2, 0.25) is 0 Å². The second kappa shape index (κ2) is 5.68. The van der Waals surface area contributed by atoms with Crippen molar-refractivity contribution in [3.63, 3.8) is 0 Å². The summed E-state index contributed by atoms with van der Waals surface area (Å²) in [6, 6.07) is 5.90. The van der Waals surface area contributed by atoms with E-state index in [2.05, 4.69) is 32.1 Å². The molecule has 0 amide bonds. The molecule has 0 N–H and O–H groups in total. The zero-order chi connectivity index (χ0) is 16.9. The number of aryl methyl sites for hydroxylation is 1. The lowest BCUT2D eigenvalue weighted by Gasteiger charge is -2.36. The van der Waals surface area contributed by atoms with Gasteiger partial charge in [0.25, 0.3) is 0 Å². The highest BCUT2D eigenvalue weighted by Gasteiger charge is 2.60. The summed E-state index contributed by atoms with van der Waals surface area (Å²) in [6.07, 6.45) is 11.0. The molecule has 24 heavy (non-hydrogen) atoms. The van der Waals surface area contributed by atoms with E-state index in [-0.39, 0.29) is 34.7 Å². The van der Waals surface area contributed by atoms with Crippen molar-refractivity contribution in [1.82, 2.24) is 0 Å². The van der Waals surface area contributed by atoms with Crippen molar-refractivity contribution in [1.29, 1.82) is 0 Å². The van der Waals surface area contributed by atoms with Crippen molar-refractivity contribution in [2.45, 2.75) is 52.4 Å². The Kier molecular flexibility index (Phi) is 3.74. The van der Waals surface area contributed by atoms with Gasteiger partial charge < -0.3 is 0 Å². The van der Waals surface area contributed by atoms with Crippen LogP contribution in [0.5, 0.6) is 0 Å². The van der Waals surface area contributed by atoms with Crippen LogP contribution in [-0.4, -0.2) is 11.6 Å². The van der Waals surface area contributed by atoms with Gasteiger partial charge >= 0.3 is 0 Å². The molecular weight excluding hydrogens is 296 g/mol. The summed E-state index contributed by atoms with van der Waals surface area (Å²) in [5, 5.41) is 0. The third kappa shape index (κ3) is 2.15. The number of hydrogen-bond acceptors (Lipinski definition) is 2. The molecule has 1 aromatic carbocycles. The summed E-state index contributed by atoms with van der Waals surface area (Å²) in [6.45, 7) is 4.36. The van der Waals surface area contributed by atoms with Crippen LogP contribution in [0.4, 0.5) is 0 Å². The topological polar surface area (TPSA) is 34.1 Å². The molecule has 4 rings (SSSR count). The Morgan fingerprint density at radius 3 is 2.75 bits per heavy atom. The molecule has 0 aromatic heterocycles. The average Bonchev–Trinajstić information content (AvgIpc) is 3.10. The Morgan fingerprint density at radius 1 is 1.12 bits per heavy atom. The molecule has 126 valence electrons.